The second-order valence-corrected chi connectivity index (χ2v) is 19.6. The molecule has 0 unspecified atom stereocenters. The van der Waals surface area contributed by atoms with Crippen LogP contribution in [0.25, 0.3) is 83.1 Å². The van der Waals surface area contributed by atoms with E-state index in [9.17, 15) is 0 Å². The van der Waals surface area contributed by atoms with Crippen LogP contribution in [0.5, 0.6) is 0 Å². The Morgan fingerprint density at radius 1 is 0.253 bits per heavy atom. The van der Waals surface area contributed by atoms with E-state index in [1.807, 2.05) is 0 Å². The Morgan fingerprint density at radius 2 is 0.707 bits per heavy atom. The zero-order valence-electron chi connectivity index (χ0n) is 41.3. The van der Waals surface area contributed by atoms with E-state index in [0.29, 0.717) is 0 Å². The van der Waals surface area contributed by atoms with E-state index in [4.69, 9.17) is 0 Å². The lowest BCUT2D eigenvalue weighted by atomic mass is 9.67. The number of aromatic nitrogens is 1. The van der Waals surface area contributed by atoms with Crippen molar-refractivity contribution in [3.05, 3.63) is 326 Å². The lowest BCUT2D eigenvalue weighted by Crippen LogP contribution is -2.28. The predicted octanol–water partition coefficient (Wildman–Crippen LogP) is 19.3. The van der Waals surface area contributed by atoms with Gasteiger partial charge in [-0.05, 0) is 151 Å². The maximum atomic E-state index is 2.46. The van der Waals surface area contributed by atoms with Gasteiger partial charge in [0.1, 0.15) is 0 Å². The molecule has 75 heavy (non-hydrogen) atoms. The predicted molar refractivity (Wildman–Crippen MR) is 315 cm³/mol. The summed E-state index contributed by atoms with van der Waals surface area (Å²) < 4.78 is 2.40. The molecule has 0 saturated heterocycles. The second-order valence-electron chi connectivity index (χ2n) is 19.6. The Morgan fingerprint density at radius 3 is 1.37 bits per heavy atom. The minimum absolute atomic E-state index is 0.526. The molecule has 0 radical (unpaired) electrons. The molecule has 1 aromatic heterocycles. The van der Waals surface area contributed by atoms with E-state index >= 15 is 0 Å². The number of benzene rings is 12. The molecule has 12 aromatic carbocycles. The minimum atomic E-state index is -0.526. The van der Waals surface area contributed by atoms with Crippen molar-refractivity contribution >= 4 is 38.9 Å². The quantitative estimate of drug-likeness (QED) is 0.133. The van der Waals surface area contributed by atoms with Crippen molar-refractivity contribution in [2.45, 2.75) is 5.41 Å². The molecule has 0 N–H and O–H groups in total. The molecule has 2 nitrogen and oxygen atoms in total. The number of hydrogen-bond acceptors (Lipinski definition) is 1. The van der Waals surface area contributed by atoms with Crippen LogP contribution in [0.15, 0.2) is 303 Å². The number of hydrogen-bond donors (Lipinski definition) is 0. The summed E-state index contributed by atoms with van der Waals surface area (Å²) in [5.74, 6) is 0. The first kappa shape index (κ1) is 44.0. The Labute approximate surface area is 438 Å². The summed E-state index contributed by atoms with van der Waals surface area (Å²) in [6, 6.07) is 111. The first-order valence-corrected chi connectivity index (χ1v) is 25.9. The second kappa shape index (κ2) is 18.4. The first-order chi connectivity index (χ1) is 37.2. The van der Waals surface area contributed by atoms with Crippen LogP contribution in [0.4, 0.5) is 17.1 Å². The van der Waals surface area contributed by atoms with Crippen molar-refractivity contribution in [1.29, 1.82) is 0 Å². The van der Waals surface area contributed by atoms with E-state index in [-0.39, 0.29) is 0 Å². The third-order valence-electron chi connectivity index (χ3n) is 15.5. The highest BCUT2D eigenvalue weighted by Gasteiger charge is 2.46. The molecular weight excluding hydrogens is 905 g/mol. The van der Waals surface area contributed by atoms with E-state index in [1.165, 1.54) is 88.6 Å². The zero-order chi connectivity index (χ0) is 49.7. The molecule has 1 aliphatic rings. The molecule has 2 heteroatoms. The number of anilines is 3. The van der Waals surface area contributed by atoms with E-state index < -0.39 is 5.41 Å². The topological polar surface area (TPSA) is 8.17 Å². The van der Waals surface area contributed by atoms with Crippen molar-refractivity contribution in [2.24, 2.45) is 0 Å². The van der Waals surface area contributed by atoms with Gasteiger partial charge in [-0.2, -0.15) is 0 Å². The first-order valence-electron chi connectivity index (χ1n) is 25.9. The molecule has 0 amide bonds. The van der Waals surface area contributed by atoms with Crippen molar-refractivity contribution in [2.75, 3.05) is 4.90 Å². The van der Waals surface area contributed by atoms with Crippen molar-refractivity contribution < 1.29 is 0 Å². The summed E-state index contributed by atoms with van der Waals surface area (Å²) in [6.07, 6.45) is 0. The van der Waals surface area contributed by atoms with Gasteiger partial charge in [0.05, 0.1) is 16.4 Å². The molecule has 14 rings (SSSR count). The van der Waals surface area contributed by atoms with E-state index in [2.05, 4.69) is 313 Å². The highest BCUT2D eigenvalue weighted by atomic mass is 15.1. The van der Waals surface area contributed by atoms with Crippen molar-refractivity contribution in [1.82, 2.24) is 4.57 Å². The van der Waals surface area contributed by atoms with Gasteiger partial charge in [0.25, 0.3) is 0 Å². The normalized spacial score (nSPS) is 12.4. The standard InChI is InChI=1S/C73H50N2/c1-5-19-51(20-6-1)53-35-40-61(41-36-53)74(64-44-45-66-65-31-13-15-33-69(65)73(70(66)50-64,59-26-9-3-10-27-59)60-28-11-4-12-29-60)63-30-18-25-57(48-63)55-23-17-24-56(47-55)58-39-46-72-68(49-58)67-32-14-16-34-71(67)75(72)62-42-37-54(38-43-62)52-21-7-2-8-22-52/h1-50H. The van der Waals surface area contributed by atoms with Crippen LogP contribution >= 0.6 is 0 Å². The van der Waals surface area contributed by atoms with Gasteiger partial charge in [-0.1, -0.05) is 231 Å². The monoisotopic (exact) mass is 954 g/mol. The van der Waals surface area contributed by atoms with Gasteiger partial charge in [0.2, 0.25) is 0 Å². The molecule has 0 saturated carbocycles. The molecule has 0 bridgehead atoms. The SMILES string of the molecule is c1ccc(-c2ccc(N(c3cccc(-c4cccc(-c5ccc6c(c5)c5ccccc5n6-c5ccc(-c6ccccc6)cc5)c4)c3)c3ccc4c(c3)C(c3ccccc3)(c3ccccc3)c3ccccc3-4)cc2)cc1. The molecule has 352 valence electrons. The number of rotatable bonds is 10. The molecule has 1 aliphatic carbocycles. The fourth-order valence-corrected chi connectivity index (χ4v) is 12.0. The van der Waals surface area contributed by atoms with Gasteiger partial charge in [-0.15, -0.1) is 0 Å². The highest BCUT2D eigenvalue weighted by molar-refractivity contribution is 6.10. The maximum Gasteiger partial charge on any atom is 0.0714 e. The summed E-state index contributed by atoms with van der Waals surface area (Å²) in [6.45, 7) is 0. The van der Waals surface area contributed by atoms with E-state index in [1.54, 1.807) is 0 Å². The zero-order valence-corrected chi connectivity index (χ0v) is 41.3. The Bertz CT molecular complexity index is 4160. The fraction of sp³-hybridized carbons (Fsp3) is 0.0137. The smallest absolute Gasteiger partial charge is 0.0714 e. The molecule has 0 atom stereocenters. The molecule has 13 aromatic rings. The van der Waals surface area contributed by atoms with Gasteiger partial charge in [0, 0.05) is 33.5 Å². The minimum Gasteiger partial charge on any atom is -0.310 e. The molecule has 1 heterocycles. The fourth-order valence-electron chi connectivity index (χ4n) is 12.0. The van der Waals surface area contributed by atoms with Crippen molar-refractivity contribution in [3.8, 4) is 61.3 Å². The summed E-state index contributed by atoms with van der Waals surface area (Å²) >= 11 is 0. The van der Waals surface area contributed by atoms with Gasteiger partial charge >= 0.3 is 0 Å². The largest absolute Gasteiger partial charge is 0.310 e. The van der Waals surface area contributed by atoms with Crippen LogP contribution < -0.4 is 4.90 Å². The van der Waals surface area contributed by atoms with Crippen LogP contribution in [0, 0.1) is 0 Å². The lowest BCUT2D eigenvalue weighted by Gasteiger charge is -2.35. The number of fused-ring (bicyclic) bond motifs is 6. The molecule has 0 spiro atoms. The summed E-state index contributed by atoms with van der Waals surface area (Å²) in [7, 11) is 0. The average Bonchev–Trinajstić information content (AvgIpc) is 3.99. The number of nitrogens with zero attached hydrogens (tertiary/aromatic N) is 2. The Balaban J connectivity index is 0.879. The van der Waals surface area contributed by atoms with Crippen molar-refractivity contribution in [3.63, 3.8) is 0 Å². The maximum absolute atomic E-state index is 2.46. The van der Waals surface area contributed by atoms with Gasteiger partial charge in [-0.25, -0.2) is 0 Å². The summed E-state index contributed by atoms with van der Waals surface area (Å²) in [4.78, 5) is 2.44. The Hall–Kier alpha value is -9.76. The Kier molecular flexibility index (Phi) is 10.8. The molecule has 0 aliphatic heterocycles. The molecule has 0 fully saturated rings. The third-order valence-corrected chi connectivity index (χ3v) is 15.5. The average molecular weight is 955 g/mol. The summed E-state index contributed by atoms with van der Waals surface area (Å²) in [5, 5.41) is 2.47. The van der Waals surface area contributed by atoms with Gasteiger partial charge in [0.15, 0.2) is 0 Å². The van der Waals surface area contributed by atoms with E-state index in [0.717, 1.165) is 33.9 Å². The van der Waals surface area contributed by atoms with Crippen LogP contribution in [0.2, 0.25) is 0 Å². The van der Waals surface area contributed by atoms with Gasteiger partial charge < -0.3 is 9.47 Å². The number of para-hydroxylation sites is 1. The third kappa shape index (κ3) is 7.49. The van der Waals surface area contributed by atoms with Crippen LogP contribution in [0.1, 0.15) is 22.3 Å². The van der Waals surface area contributed by atoms with Crippen LogP contribution in [-0.2, 0) is 5.41 Å². The highest BCUT2D eigenvalue weighted by Crippen LogP contribution is 2.57. The van der Waals surface area contributed by atoms with Gasteiger partial charge in [-0.3, -0.25) is 0 Å². The lowest BCUT2D eigenvalue weighted by molar-refractivity contribution is 0.768. The molecular formula is C73H50N2. The van der Waals surface area contributed by atoms with Crippen LogP contribution in [-0.4, -0.2) is 4.57 Å². The van der Waals surface area contributed by atoms with Crippen LogP contribution in [0.3, 0.4) is 0 Å². The summed E-state index contributed by atoms with van der Waals surface area (Å²) in [5.41, 5.74) is 23.3.